The minimum atomic E-state index is -0.265. The van der Waals surface area contributed by atoms with Crippen molar-refractivity contribution in [1.82, 2.24) is 9.80 Å². The van der Waals surface area contributed by atoms with Gasteiger partial charge in [-0.2, -0.15) is 0 Å². The molecule has 0 heterocycles. The third-order valence-corrected chi connectivity index (χ3v) is 6.78. The van der Waals surface area contributed by atoms with E-state index in [2.05, 4.69) is 18.9 Å². The van der Waals surface area contributed by atoms with E-state index in [0.717, 1.165) is 44.3 Å². The molecule has 0 aliphatic heterocycles. The molecule has 1 aliphatic carbocycles. The lowest BCUT2D eigenvalue weighted by atomic mass is 9.91. The quantitative estimate of drug-likeness (QED) is 0.316. The van der Waals surface area contributed by atoms with Crippen LogP contribution in [0.1, 0.15) is 83.1 Å². The molecule has 5 heteroatoms. The number of ether oxygens (including phenoxy) is 1. The highest BCUT2D eigenvalue weighted by Gasteiger charge is 2.26. The molecule has 0 atom stereocenters. The largest absolute Gasteiger partial charge is 0.378 e. The van der Waals surface area contributed by atoms with E-state index in [0.29, 0.717) is 12.5 Å². The lowest BCUT2D eigenvalue weighted by Gasteiger charge is -2.34. The van der Waals surface area contributed by atoms with Crippen molar-refractivity contribution in [1.29, 1.82) is 0 Å². The van der Waals surface area contributed by atoms with Crippen LogP contribution in [0.5, 0.6) is 0 Å². The summed E-state index contributed by atoms with van der Waals surface area (Å²) in [5.41, 5.74) is 0.864. The Morgan fingerprint density at radius 2 is 1.56 bits per heavy atom. The Hall–Kier alpha value is -1.46. The van der Waals surface area contributed by atoms with Crippen LogP contribution in [0.3, 0.4) is 0 Å². The molecule has 32 heavy (non-hydrogen) atoms. The number of benzene rings is 1. The molecule has 0 bridgehead atoms. The Balaban J connectivity index is 1.50. The molecule has 0 saturated heterocycles. The zero-order valence-electron chi connectivity index (χ0n) is 20.7. The second-order valence-electron chi connectivity index (χ2n) is 9.53. The maximum Gasteiger partial charge on any atom is 0.226 e. The van der Waals surface area contributed by atoms with E-state index in [4.69, 9.17) is 4.74 Å². The summed E-state index contributed by atoms with van der Waals surface area (Å²) in [5, 5.41) is 0. The predicted octanol–water partition coefficient (Wildman–Crippen LogP) is 5.84. The highest BCUT2D eigenvalue weighted by molar-refractivity contribution is 5.78. The fourth-order valence-corrected chi connectivity index (χ4v) is 4.54. The van der Waals surface area contributed by atoms with Gasteiger partial charge in [0.2, 0.25) is 5.91 Å². The topological polar surface area (TPSA) is 32.8 Å². The maximum absolute atomic E-state index is 13.0. The first-order valence-electron chi connectivity index (χ1n) is 12.8. The second-order valence-corrected chi connectivity index (χ2v) is 9.53. The van der Waals surface area contributed by atoms with E-state index >= 15 is 0 Å². The predicted molar refractivity (Wildman–Crippen MR) is 130 cm³/mol. The van der Waals surface area contributed by atoms with Gasteiger partial charge in [-0.15, -0.1) is 0 Å². The van der Waals surface area contributed by atoms with Crippen molar-refractivity contribution in [3.63, 3.8) is 0 Å². The van der Waals surface area contributed by atoms with Crippen LogP contribution in [0.4, 0.5) is 4.39 Å². The SMILES string of the molecule is CCCCCN(C)CCCCCCOC1CCC(N(C)C(=O)Cc2ccc(F)cc2)CC1. The fraction of sp³-hybridized carbons (Fsp3) is 0.741. The van der Waals surface area contributed by atoms with E-state index in [1.54, 1.807) is 12.1 Å². The Kier molecular flexibility index (Phi) is 12.9. The summed E-state index contributed by atoms with van der Waals surface area (Å²) < 4.78 is 19.2. The number of rotatable bonds is 15. The summed E-state index contributed by atoms with van der Waals surface area (Å²) in [6.45, 7) is 5.56. The molecule has 2 rings (SSSR count). The zero-order chi connectivity index (χ0) is 23.2. The molecular formula is C27H45FN2O2. The van der Waals surface area contributed by atoms with Crippen LogP contribution in [0.25, 0.3) is 0 Å². The lowest BCUT2D eigenvalue weighted by molar-refractivity contribution is -0.132. The summed E-state index contributed by atoms with van der Waals surface area (Å²) in [5.74, 6) is -0.157. The van der Waals surface area contributed by atoms with Crippen LogP contribution >= 0.6 is 0 Å². The molecule has 182 valence electrons. The van der Waals surface area contributed by atoms with Crippen molar-refractivity contribution in [3.8, 4) is 0 Å². The van der Waals surface area contributed by atoms with Gasteiger partial charge in [0.05, 0.1) is 12.5 Å². The van der Waals surface area contributed by atoms with Gasteiger partial charge in [0, 0.05) is 19.7 Å². The molecule has 0 N–H and O–H groups in total. The molecule has 1 aromatic carbocycles. The number of carbonyl (C=O) groups is 1. The first-order chi connectivity index (χ1) is 15.5. The molecule has 1 aromatic rings. The first kappa shape index (κ1) is 26.8. The monoisotopic (exact) mass is 448 g/mol. The van der Waals surface area contributed by atoms with Gasteiger partial charge in [-0.25, -0.2) is 4.39 Å². The van der Waals surface area contributed by atoms with Crippen molar-refractivity contribution >= 4 is 5.91 Å². The highest BCUT2D eigenvalue weighted by atomic mass is 19.1. The van der Waals surface area contributed by atoms with Gasteiger partial charge < -0.3 is 14.5 Å². The fourth-order valence-electron chi connectivity index (χ4n) is 4.54. The summed E-state index contributed by atoms with van der Waals surface area (Å²) >= 11 is 0. The number of carbonyl (C=O) groups excluding carboxylic acids is 1. The standard InChI is InChI=1S/C27H45FN2O2/c1-4-5-8-19-29(2)20-9-6-7-10-21-32-26-17-15-25(16-18-26)30(3)27(31)22-23-11-13-24(28)14-12-23/h11-14,25-26H,4-10,15-22H2,1-3H3. The number of amides is 1. The van der Waals surface area contributed by atoms with Crippen LogP contribution in [0.15, 0.2) is 24.3 Å². The minimum absolute atomic E-state index is 0.108. The van der Waals surface area contributed by atoms with Gasteiger partial charge >= 0.3 is 0 Å². The number of hydrogen-bond donors (Lipinski definition) is 0. The van der Waals surface area contributed by atoms with Crippen LogP contribution in [0, 0.1) is 5.82 Å². The molecule has 4 nitrogen and oxygen atoms in total. The molecule has 1 saturated carbocycles. The van der Waals surface area contributed by atoms with Gasteiger partial charge in [-0.1, -0.05) is 44.7 Å². The number of halogens is 1. The third kappa shape index (κ3) is 10.4. The summed E-state index contributed by atoms with van der Waals surface area (Å²) in [6.07, 6.45) is 13.7. The highest BCUT2D eigenvalue weighted by Crippen LogP contribution is 2.25. The molecule has 1 amide bonds. The van der Waals surface area contributed by atoms with Gasteiger partial charge in [-0.05, 0) is 82.8 Å². The smallest absolute Gasteiger partial charge is 0.226 e. The van der Waals surface area contributed by atoms with Crippen molar-refractivity contribution in [2.45, 2.75) is 96.1 Å². The van der Waals surface area contributed by atoms with Gasteiger partial charge in [-0.3, -0.25) is 4.79 Å². The summed E-state index contributed by atoms with van der Waals surface area (Å²) in [4.78, 5) is 16.9. The Bertz CT molecular complexity index is 629. The normalized spacial score (nSPS) is 18.8. The molecule has 0 radical (unpaired) electrons. The number of likely N-dealkylation sites (N-methyl/N-ethyl adjacent to an activating group) is 1. The van der Waals surface area contributed by atoms with Crippen molar-refractivity contribution in [2.24, 2.45) is 0 Å². The number of hydrogen-bond acceptors (Lipinski definition) is 3. The molecule has 0 spiro atoms. The van der Waals surface area contributed by atoms with Gasteiger partial charge in [0.15, 0.2) is 0 Å². The Morgan fingerprint density at radius 3 is 2.22 bits per heavy atom. The minimum Gasteiger partial charge on any atom is -0.378 e. The maximum atomic E-state index is 13.0. The molecule has 1 aliphatic rings. The first-order valence-corrected chi connectivity index (χ1v) is 12.8. The van der Waals surface area contributed by atoms with Gasteiger partial charge in [0.25, 0.3) is 0 Å². The second kappa shape index (κ2) is 15.4. The summed E-state index contributed by atoms with van der Waals surface area (Å²) in [6, 6.07) is 6.50. The molecule has 0 aromatic heterocycles. The van der Waals surface area contributed by atoms with Crippen LogP contribution < -0.4 is 0 Å². The molecule has 0 unspecified atom stereocenters. The van der Waals surface area contributed by atoms with E-state index in [1.165, 1.54) is 63.7 Å². The number of unbranched alkanes of at least 4 members (excludes halogenated alkanes) is 5. The van der Waals surface area contributed by atoms with E-state index in [-0.39, 0.29) is 17.8 Å². The summed E-state index contributed by atoms with van der Waals surface area (Å²) in [7, 11) is 4.14. The molecular weight excluding hydrogens is 403 g/mol. The van der Waals surface area contributed by atoms with Crippen molar-refractivity contribution in [2.75, 3.05) is 33.8 Å². The lowest BCUT2D eigenvalue weighted by Crippen LogP contribution is -2.41. The third-order valence-electron chi connectivity index (χ3n) is 6.78. The zero-order valence-corrected chi connectivity index (χ0v) is 20.7. The number of nitrogens with zero attached hydrogens (tertiary/aromatic N) is 2. The average molecular weight is 449 g/mol. The van der Waals surface area contributed by atoms with Crippen LogP contribution in [0.2, 0.25) is 0 Å². The van der Waals surface area contributed by atoms with Gasteiger partial charge in [0.1, 0.15) is 5.82 Å². The van der Waals surface area contributed by atoms with Crippen molar-refractivity contribution in [3.05, 3.63) is 35.6 Å². The van der Waals surface area contributed by atoms with E-state index in [9.17, 15) is 9.18 Å². The average Bonchev–Trinajstić information content (AvgIpc) is 2.80. The van der Waals surface area contributed by atoms with E-state index < -0.39 is 0 Å². The van der Waals surface area contributed by atoms with Crippen LogP contribution in [-0.4, -0.2) is 61.6 Å². The Morgan fingerprint density at radius 1 is 0.938 bits per heavy atom. The van der Waals surface area contributed by atoms with E-state index in [1.807, 2.05) is 11.9 Å². The molecule has 1 fully saturated rings. The Labute approximate surface area is 195 Å². The van der Waals surface area contributed by atoms with Crippen molar-refractivity contribution < 1.29 is 13.9 Å². The van der Waals surface area contributed by atoms with Crippen LogP contribution in [-0.2, 0) is 16.0 Å².